The van der Waals surface area contributed by atoms with Crippen molar-refractivity contribution in [2.24, 2.45) is 0 Å². The largest absolute Gasteiger partial charge is 0.493 e. The lowest BCUT2D eigenvalue weighted by atomic mass is 10.2. The number of aromatic nitrogens is 1. The molecule has 138 valence electrons. The van der Waals surface area contributed by atoms with Crippen molar-refractivity contribution in [2.45, 2.75) is 0 Å². The topological polar surface area (TPSA) is 72.5 Å². The van der Waals surface area contributed by atoms with Gasteiger partial charge in [-0.1, -0.05) is 23.7 Å². The molecule has 27 heavy (non-hydrogen) atoms. The molecule has 2 N–H and O–H groups in total. The standard InChI is InChI=1S/C20H18ClN3O3/c1-26-18-8-7-13(12-19(18)27-2)23-14-9-10-22-17(11-14)20(25)24-16-6-4-3-5-15(16)21/h3-12H,1-2H3,(H,22,23)(H,24,25). The second-order valence-corrected chi connectivity index (χ2v) is 5.97. The maximum atomic E-state index is 12.5. The highest BCUT2D eigenvalue weighted by atomic mass is 35.5. The van der Waals surface area contributed by atoms with Crippen molar-refractivity contribution in [3.05, 3.63) is 71.5 Å². The number of carbonyl (C=O) groups is 1. The van der Waals surface area contributed by atoms with E-state index in [1.807, 2.05) is 12.1 Å². The molecule has 0 spiro atoms. The molecule has 0 aliphatic heterocycles. The lowest BCUT2D eigenvalue weighted by Crippen LogP contribution is -2.14. The van der Waals surface area contributed by atoms with E-state index in [-0.39, 0.29) is 11.6 Å². The van der Waals surface area contributed by atoms with Gasteiger partial charge in [0.2, 0.25) is 0 Å². The molecule has 1 heterocycles. The number of pyridine rings is 1. The Bertz CT molecular complexity index is 963. The Morgan fingerprint density at radius 2 is 1.70 bits per heavy atom. The molecule has 0 radical (unpaired) electrons. The van der Waals surface area contributed by atoms with Crippen molar-refractivity contribution in [2.75, 3.05) is 24.9 Å². The van der Waals surface area contributed by atoms with Crippen molar-refractivity contribution < 1.29 is 14.3 Å². The second kappa shape index (κ2) is 8.42. The number of amides is 1. The van der Waals surface area contributed by atoms with Gasteiger partial charge in [0.1, 0.15) is 5.69 Å². The lowest BCUT2D eigenvalue weighted by Gasteiger charge is -2.12. The first kappa shape index (κ1) is 18.5. The van der Waals surface area contributed by atoms with Crippen LogP contribution in [0.3, 0.4) is 0 Å². The summed E-state index contributed by atoms with van der Waals surface area (Å²) in [7, 11) is 3.16. The van der Waals surface area contributed by atoms with Crippen LogP contribution in [0.25, 0.3) is 0 Å². The molecule has 2 aromatic carbocycles. The summed E-state index contributed by atoms with van der Waals surface area (Å²) < 4.78 is 10.5. The van der Waals surface area contributed by atoms with Crippen LogP contribution in [-0.4, -0.2) is 25.1 Å². The minimum Gasteiger partial charge on any atom is -0.493 e. The molecule has 0 atom stereocenters. The average Bonchev–Trinajstić information content (AvgIpc) is 2.69. The van der Waals surface area contributed by atoms with Crippen molar-refractivity contribution in [3.8, 4) is 11.5 Å². The van der Waals surface area contributed by atoms with E-state index in [0.29, 0.717) is 27.9 Å². The number of hydrogen-bond acceptors (Lipinski definition) is 5. The molecular weight excluding hydrogens is 366 g/mol. The summed E-state index contributed by atoms with van der Waals surface area (Å²) in [6.45, 7) is 0. The zero-order valence-corrected chi connectivity index (χ0v) is 15.6. The number of rotatable bonds is 6. The number of ether oxygens (including phenoxy) is 2. The Hall–Kier alpha value is -3.25. The molecule has 6 nitrogen and oxygen atoms in total. The van der Waals surface area contributed by atoms with Crippen molar-refractivity contribution in [3.63, 3.8) is 0 Å². The van der Waals surface area contributed by atoms with E-state index in [0.717, 1.165) is 5.69 Å². The summed E-state index contributed by atoms with van der Waals surface area (Å²) >= 11 is 6.08. The summed E-state index contributed by atoms with van der Waals surface area (Å²) in [6, 6.07) is 15.9. The van der Waals surface area contributed by atoms with Crippen molar-refractivity contribution in [1.29, 1.82) is 0 Å². The van der Waals surface area contributed by atoms with Gasteiger partial charge in [0.05, 0.1) is 24.9 Å². The average molecular weight is 384 g/mol. The molecule has 0 bridgehead atoms. The molecule has 0 saturated carbocycles. The number of halogens is 1. The monoisotopic (exact) mass is 383 g/mol. The fourth-order valence-corrected chi connectivity index (χ4v) is 2.65. The van der Waals surface area contributed by atoms with E-state index in [9.17, 15) is 4.79 Å². The van der Waals surface area contributed by atoms with E-state index in [1.54, 1.807) is 62.9 Å². The first-order valence-electron chi connectivity index (χ1n) is 8.11. The van der Waals surface area contributed by atoms with Crippen LogP contribution in [0.2, 0.25) is 5.02 Å². The van der Waals surface area contributed by atoms with Crippen LogP contribution in [0.5, 0.6) is 11.5 Å². The van der Waals surface area contributed by atoms with Gasteiger partial charge in [-0.2, -0.15) is 0 Å². The second-order valence-electron chi connectivity index (χ2n) is 5.56. The van der Waals surface area contributed by atoms with Crippen LogP contribution in [0.15, 0.2) is 60.8 Å². The van der Waals surface area contributed by atoms with E-state index in [4.69, 9.17) is 21.1 Å². The highest BCUT2D eigenvalue weighted by molar-refractivity contribution is 6.33. The van der Waals surface area contributed by atoms with E-state index >= 15 is 0 Å². The molecule has 0 saturated heterocycles. The van der Waals surface area contributed by atoms with Crippen LogP contribution >= 0.6 is 11.6 Å². The maximum Gasteiger partial charge on any atom is 0.274 e. The Balaban J connectivity index is 1.77. The maximum absolute atomic E-state index is 12.5. The summed E-state index contributed by atoms with van der Waals surface area (Å²) in [5.74, 6) is 0.893. The van der Waals surface area contributed by atoms with E-state index < -0.39 is 0 Å². The summed E-state index contributed by atoms with van der Waals surface area (Å²) in [5, 5.41) is 6.44. The molecule has 0 unspecified atom stereocenters. The number of nitrogens with one attached hydrogen (secondary N) is 2. The molecular formula is C20H18ClN3O3. The molecule has 0 aliphatic carbocycles. The Morgan fingerprint density at radius 1 is 0.963 bits per heavy atom. The molecule has 3 aromatic rings. The van der Waals surface area contributed by atoms with E-state index in [2.05, 4.69) is 15.6 Å². The number of methoxy groups -OCH3 is 2. The van der Waals surface area contributed by atoms with Crippen LogP contribution in [0, 0.1) is 0 Å². The Kier molecular flexibility index (Phi) is 5.78. The molecule has 0 aliphatic rings. The van der Waals surface area contributed by atoms with Crippen molar-refractivity contribution >= 4 is 34.6 Å². The molecule has 0 fully saturated rings. The summed E-state index contributed by atoms with van der Waals surface area (Å²) in [5.41, 5.74) is 2.29. The SMILES string of the molecule is COc1ccc(Nc2ccnc(C(=O)Nc3ccccc3Cl)c2)cc1OC. The highest BCUT2D eigenvalue weighted by Gasteiger charge is 2.11. The van der Waals surface area contributed by atoms with Gasteiger partial charge >= 0.3 is 0 Å². The quantitative estimate of drug-likeness (QED) is 0.642. The van der Waals surface area contributed by atoms with Crippen LogP contribution in [-0.2, 0) is 0 Å². The van der Waals surface area contributed by atoms with Crippen LogP contribution in [0.4, 0.5) is 17.1 Å². The molecule has 1 amide bonds. The number of carbonyl (C=O) groups excluding carboxylic acids is 1. The summed E-state index contributed by atoms with van der Waals surface area (Å²) in [6.07, 6.45) is 1.56. The molecule has 1 aromatic heterocycles. The first-order chi connectivity index (χ1) is 13.1. The van der Waals surface area contributed by atoms with Gasteiger partial charge in [-0.05, 0) is 36.4 Å². The normalized spacial score (nSPS) is 10.2. The predicted molar refractivity (Wildman–Crippen MR) is 106 cm³/mol. The number of hydrogen-bond donors (Lipinski definition) is 2. The fraction of sp³-hybridized carbons (Fsp3) is 0.100. The van der Waals surface area contributed by atoms with Gasteiger partial charge in [-0.15, -0.1) is 0 Å². The first-order valence-corrected chi connectivity index (χ1v) is 8.49. The number of para-hydroxylation sites is 1. The van der Waals surface area contributed by atoms with Gasteiger partial charge in [0, 0.05) is 23.6 Å². The van der Waals surface area contributed by atoms with Gasteiger partial charge in [0.15, 0.2) is 11.5 Å². The van der Waals surface area contributed by atoms with E-state index in [1.165, 1.54) is 0 Å². The third-order valence-electron chi connectivity index (χ3n) is 3.79. The van der Waals surface area contributed by atoms with Gasteiger partial charge in [-0.3, -0.25) is 9.78 Å². The highest BCUT2D eigenvalue weighted by Crippen LogP contribution is 2.31. The van der Waals surface area contributed by atoms with Crippen LogP contribution < -0.4 is 20.1 Å². The zero-order valence-electron chi connectivity index (χ0n) is 14.8. The Labute approximate surface area is 162 Å². The fourth-order valence-electron chi connectivity index (χ4n) is 2.46. The number of benzene rings is 2. The van der Waals surface area contributed by atoms with Gasteiger partial charge in [0.25, 0.3) is 5.91 Å². The molecule has 7 heteroatoms. The van der Waals surface area contributed by atoms with Gasteiger partial charge in [-0.25, -0.2) is 0 Å². The zero-order chi connectivity index (χ0) is 19.2. The predicted octanol–water partition coefficient (Wildman–Crippen LogP) is 4.75. The Morgan fingerprint density at radius 3 is 2.44 bits per heavy atom. The minimum atomic E-state index is -0.348. The van der Waals surface area contributed by atoms with Crippen LogP contribution in [0.1, 0.15) is 10.5 Å². The molecule has 3 rings (SSSR count). The third kappa shape index (κ3) is 4.48. The number of nitrogens with zero attached hydrogens (tertiary/aromatic N) is 1. The summed E-state index contributed by atoms with van der Waals surface area (Å²) in [4.78, 5) is 16.6. The van der Waals surface area contributed by atoms with Crippen molar-refractivity contribution in [1.82, 2.24) is 4.98 Å². The smallest absolute Gasteiger partial charge is 0.274 e. The minimum absolute atomic E-state index is 0.264. The number of anilines is 3. The lowest BCUT2D eigenvalue weighted by molar-refractivity contribution is 0.102. The van der Waals surface area contributed by atoms with Gasteiger partial charge < -0.3 is 20.1 Å². The third-order valence-corrected chi connectivity index (χ3v) is 4.12.